The number of amides is 1. The Labute approximate surface area is 177 Å². The first-order valence-corrected chi connectivity index (χ1v) is 11.5. The second-order valence-electron chi connectivity index (χ2n) is 7.37. The summed E-state index contributed by atoms with van der Waals surface area (Å²) < 4.78 is 39.1. The molecule has 1 saturated carbocycles. The fourth-order valence-corrected chi connectivity index (χ4v) is 4.86. The highest BCUT2D eigenvalue weighted by Gasteiger charge is 2.29. The third-order valence-electron chi connectivity index (χ3n) is 5.26. The van der Waals surface area contributed by atoms with Crippen molar-refractivity contribution in [2.24, 2.45) is 0 Å². The number of ether oxygens (including phenoxy) is 2. The van der Waals surface area contributed by atoms with Crippen LogP contribution in [0.1, 0.15) is 31.2 Å². The number of hydrogen-bond donors (Lipinski definition) is 2. The Balaban J connectivity index is 1.84. The van der Waals surface area contributed by atoms with E-state index in [0.717, 1.165) is 31.2 Å². The molecule has 0 radical (unpaired) electrons. The van der Waals surface area contributed by atoms with Gasteiger partial charge in [0.15, 0.2) is 11.5 Å². The first-order valence-electron chi connectivity index (χ1n) is 10.0. The maximum Gasteiger partial charge on any atom is 0.241 e. The zero-order valence-electron chi connectivity index (χ0n) is 17.3. The van der Waals surface area contributed by atoms with Gasteiger partial charge in [-0.25, -0.2) is 8.42 Å². The summed E-state index contributed by atoms with van der Waals surface area (Å²) in [5.41, 5.74) is 0.874. The predicted octanol–water partition coefficient (Wildman–Crippen LogP) is 2.65. The Morgan fingerprint density at radius 1 is 1.03 bits per heavy atom. The summed E-state index contributed by atoms with van der Waals surface area (Å²) in [5, 5.41) is 3.00. The highest BCUT2D eigenvalue weighted by atomic mass is 32.2. The summed E-state index contributed by atoms with van der Waals surface area (Å²) in [6.45, 7) is 0. The molecule has 2 aromatic rings. The molecule has 30 heavy (non-hydrogen) atoms. The van der Waals surface area contributed by atoms with Gasteiger partial charge in [0.05, 0.1) is 19.1 Å². The molecule has 8 heteroatoms. The van der Waals surface area contributed by atoms with Gasteiger partial charge in [-0.2, -0.15) is 4.72 Å². The molecule has 1 aliphatic carbocycles. The number of benzene rings is 2. The Morgan fingerprint density at radius 3 is 2.33 bits per heavy atom. The predicted molar refractivity (Wildman–Crippen MR) is 114 cm³/mol. The summed E-state index contributed by atoms with van der Waals surface area (Å²) >= 11 is 0. The van der Waals surface area contributed by atoms with E-state index in [0.29, 0.717) is 11.5 Å². The van der Waals surface area contributed by atoms with Crippen LogP contribution in [0.3, 0.4) is 0 Å². The van der Waals surface area contributed by atoms with E-state index in [-0.39, 0.29) is 23.3 Å². The fourth-order valence-electron chi connectivity index (χ4n) is 3.65. The molecule has 0 aliphatic heterocycles. The molecular formula is C22H28N2O5S. The Bertz CT molecular complexity index is 957. The SMILES string of the molecule is COc1ccc(S(=O)(=O)N[C@@H](Cc2ccccc2)C(=O)NC2CCCC2)cc1OC. The van der Waals surface area contributed by atoms with Gasteiger partial charge in [0.1, 0.15) is 6.04 Å². The van der Waals surface area contributed by atoms with Crippen LogP contribution >= 0.6 is 0 Å². The van der Waals surface area contributed by atoms with Crippen LogP contribution in [0.4, 0.5) is 0 Å². The molecule has 0 saturated heterocycles. The van der Waals surface area contributed by atoms with E-state index in [1.165, 1.54) is 32.4 Å². The minimum Gasteiger partial charge on any atom is -0.493 e. The van der Waals surface area contributed by atoms with Crippen LogP contribution in [0, 0.1) is 0 Å². The monoisotopic (exact) mass is 432 g/mol. The average molecular weight is 433 g/mol. The molecule has 2 N–H and O–H groups in total. The zero-order chi connectivity index (χ0) is 21.6. The molecule has 1 atom stereocenters. The minimum absolute atomic E-state index is 0.00637. The molecule has 162 valence electrons. The normalized spacial score (nSPS) is 15.5. The van der Waals surface area contributed by atoms with Crippen molar-refractivity contribution in [2.45, 2.75) is 49.1 Å². The summed E-state index contributed by atoms with van der Waals surface area (Å²) in [6, 6.07) is 12.9. The second kappa shape index (κ2) is 9.95. The van der Waals surface area contributed by atoms with Gasteiger partial charge >= 0.3 is 0 Å². The van der Waals surface area contributed by atoms with Gasteiger partial charge in [-0.1, -0.05) is 43.2 Å². The van der Waals surface area contributed by atoms with Crippen LogP contribution in [-0.4, -0.2) is 40.6 Å². The highest BCUT2D eigenvalue weighted by Crippen LogP contribution is 2.29. The molecule has 0 bridgehead atoms. The van der Waals surface area contributed by atoms with Gasteiger partial charge in [-0.3, -0.25) is 4.79 Å². The van der Waals surface area contributed by atoms with Gasteiger partial charge < -0.3 is 14.8 Å². The number of methoxy groups -OCH3 is 2. The van der Waals surface area contributed by atoms with Crippen molar-refractivity contribution in [3.05, 3.63) is 54.1 Å². The third kappa shape index (κ3) is 5.52. The summed E-state index contributed by atoms with van der Waals surface area (Å²) in [7, 11) is -1.04. The number of hydrogen-bond acceptors (Lipinski definition) is 5. The topological polar surface area (TPSA) is 93.7 Å². The number of carbonyl (C=O) groups excluding carboxylic acids is 1. The van der Waals surface area contributed by atoms with Crippen molar-refractivity contribution in [3.63, 3.8) is 0 Å². The van der Waals surface area contributed by atoms with Crippen molar-refractivity contribution in [2.75, 3.05) is 14.2 Å². The van der Waals surface area contributed by atoms with Crippen molar-refractivity contribution < 1.29 is 22.7 Å². The van der Waals surface area contributed by atoms with E-state index in [4.69, 9.17) is 9.47 Å². The maximum absolute atomic E-state index is 13.1. The van der Waals surface area contributed by atoms with Gasteiger partial charge in [-0.15, -0.1) is 0 Å². The van der Waals surface area contributed by atoms with Crippen LogP contribution in [0.15, 0.2) is 53.4 Å². The molecular weight excluding hydrogens is 404 g/mol. The third-order valence-corrected chi connectivity index (χ3v) is 6.73. The van der Waals surface area contributed by atoms with Gasteiger partial charge in [-0.05, 0) is 37.0 Å². The summed E-state index contributed by atoms with van der Waals surface area (Å²) in [5.74, 6) is 0.418. The lowest BCUT2D eigenvalue weighted by atomic mass is 10.1. The van der Waals surface area contributed by atoms with E-state index in [9.17, 15) is 13.2 Å². The molecule has 3 rings (SSSR count). The number of rotatable bonds is 9. The van der Waals surface area contributed by atoms with Crippen LogP contribution in [0.5, 0.6) is 11.5 Å². The lowest BCUT2D eigenvalue weighted by Crippen LogP contribution is -2.50. The molecule has 0 heterocycles. The van der Waals surface area contributed by atoms with Crippen LogP contribution in [0.2, 0.25) is 0 Å². The number of sulfonamides is 1. The Morgan fingerprint density at radius 2 is 1.70 bits per heavy atom. The van der Waals surface area contributed by atoms with Crippen molar-refractivity contribution in [1.82, 2.24) is 10.0 Å². The maximum atomic E-state index is 13.1. The van der Waals surface area contributed by atoms with Gasteiger partial charge in [0.2, 0.25) is 15.9 Å². The summed E-state index contributed by atoms with van der Waals surface area (Å²) in [4.78, 5) is 13.0. The van der Waals surface area contributed by atoms with Gasteiger partial charge in [0.25, 0.3) is 0 Å². The highest BCUT2D eigenvalue weighted by molar-refractivity contribution is 7.89. The Kier molecular flexibility index (Phi) is 7.33. The molecule has 1 amide bonds. The fraction of sp³-hybridized carbons (Fsp3) is 0.409. The van der Waals surface area contributed by atoms with Crippen molar-refractivity contribution >= 4 is 15.9 Å². The first kappa shape index (κ1) is 22.1. The molecule has 0 spiro atoms. The standard InChI is InChI=1S/C22H28N2O5S/c1-28-20-13-12-18(15-21(20)29-2)30(26,27)24-19(14-16-8-4-3-5-9-16)22(25)23-17-10-6-7-11-17/h3-5,8-9,12-13,15,17,19,24H,6-7,10-11,14H2,1-2H3,(H,23,25)/t19-/m0/s1. The number of carbonyl (C=O) groups is 1. The summed E-state index contributed by atoms with van der Waals surface area (Å²) in [6.07, 6.45) is 4.25. The van der Waals surface area contributed by atoms with Crippen LogP contribution in [-0.2, 0) is 21.2 Å². The van der Waals surface area contributed by atoms with Crippen molar-refractivity contribution in [3.8, 4) is 11.5 Å². The number of nitrogens with one attached hydrogen (secondary N) is 2. The van der Waals surface area contributed by atoms with E-state index in [1.54, 1.807) is 0 Å². The van der Waals surface area contributed by atoms with Crippen LogP contribution in [0.25, 0.3) is 0 Å². The van der Waals surface area contributed by atoms with Crippen molar-refractivity contribution in [1.29, 1.82) is 0 Å². The quantitative estimate of drug-likeness (QED) is 0.635. The van der Waals surface area contributed by atoms with E-state index >= 15 is 0 Å². The molecule has 0 unspecified atom stereocenters. The second-order valence-corrected chi connectivity index (χ2v) is 9.08. The van der Waals surface area contributed by atoms with E-state index in [1.807, 2.05) is 30.3 Å². The molecule has 1 fully saturated rings. The smallest absolute Gasteiger partial charge is 0.241 e. The van der Waals surface area contributed by atoms with E-state index in [2.05, 4.69) is 10.0 Å². The molecule has 7 nitrogen and oxygen atoms in total. The minimum atomic E-state index is -3.96. The molecule has 2 aromatic carbocycles. The zero-order valence-corrected chi connectivity index (χ0v) is 18.1. The lowest BCUT2D eigenvalue weighted by Gasteiger charge is -2.21. The van der Waals surface area contributed by atoms with Crippen LogP contribution < -0.4 is 19.5 Å². The first-order chi connectivity index (χ1) is 14.4. The average Bonchev–Trinajstić information content (AvgIpc) is 3.26. The van der Waals surface area contributed by atoms with E-state index < -0.39 is 16.1 Å². The largest absolute Gasteiger partial charge is 0.493 e. The lowest BCUT2D eigenvalue weighted by molar-refractivity contribution is -0.123. The van der Waals surface area contributed by atoms with Gasteiger partial charge in [0, 0.05) is 12.1 Å². The molecule has 0 aromatic heterocycles. The Hall–Kier alpha value is -2.58. The molecule has 1 aliphatic rings.